The van der Waals surface area contributed by atoms with Crippen LogP contribution in [0.5, 0.6) is 11.5 Å². The van der Waals surface area contributed by atoms with E-state index in [1.54, 1.807) is 6.20 Å². The van der Waals surface area contributed by atoms with Gasteiger partial charge in [0.15, 0.2) is 0 Å². The number of fused-ring (bicyclic) bond motifs is 3. The largest absolute Gasteiger partial charge is 0.506 e. The van der Waals surface area contributed by atoms with E-state index >= 15 is 0 Å². The number of phenols is 1. The molecule has 1 aliphatic heterocycles. The van der Waals surface area contributed by atoms with Crippen molar-refractivity contribution in [2.45, 2.75) is 59.0 Å². The molecule has 0 unspecified atom stereocenters. The minimum Gasteiger partial charge on any atom is -0.506 e. The van der Waals surface area contributed by atoms with Crippen LogP contribution >= 0.6 is 0 Å². The van der Waals surface area contributed by atoms with Crippen LogP contribution in [0.25, 0.3) is 33.4 Å². The molecule has 3 aromatic carbocycles. The van der Waals surface area contributed by atoms with Crippen LogP contribution in [0.4, 0.5) is 0 Å². The average molecular weight is 464 g/mol. The first-order valence-corrected chi connectivity index (χ1v) is 12.6. The Labute approximate surface area is 208 Å². The number of benzene rings is 3. The van der Waals surface area contributed by atoms with Crippen molar-refractivity contribution in [2.24, 2.45) is 0 Å². The Morgan fingerprint density at radius 2 is 1.66 bits per heavy atom. The molecular weight excluding hydrogens is 430 g/mol. The van der Waals surface area contributed by atoms with Crippen LogP contribution in [0.3, 0.4) is 0 Å². The number of rotatable bonds is 6. The summed E-state index contributed by atoms with van der Waals surface area (Å²) in [6.07, 6.45) is 7.95. The molecule has 0 atom stereocenters. The highest BCUT2D eigenvalue weighted by atomic mass is 16.5. The van der Waals surface area contributed by atoms with E-state index in [0.29, 0.717) is 5.75 Å². The highest BCUT2D eigenvalue weighted by Crippen LogP contribution is 2.53. The molecule has 0 aliphatic carbocycles. The van der Waals surface area contributed by atoms with E-state index in [1.807, 2.05) is 12.3 Å². The molecule has 0 fully saturated rings. The maximum atomic E-state index is 11.8. The molecule has 5 rings (SSSR count). The van der Waals surface area contributed by atoms with Crippen molar-refractivity contribution in [1.29, 1.82) is 0 Å². The number of hydrogen-bond acceptors (Lipinski definition) is 3. The molecule has 3 nitrogen and oxygen atoms in total. The summed E-state index contributed by atoms with van der Waals surface area (Å²) >= 11 is 0. The van der Waals surface area contributed by atoms with Gasteiger partial charge in [0.1, 0.15) is 17.1 Å². The standard InChI is InChI=1S/C32H33NO2/c1-5-6-7-9-24-19-28-30(26-18-21(2)11-16-27(26)32(3,4)35-28)31(34)29(24)23-14-12-22(13-15-23)25-10-8-17-33-20-25/h8,10-20,34H,5-7,9H2,1-4H3. The summed E-state index contributed by atoms with van der Waals surface area (Å²) in [6.45, 7) is 8.51. The van der Waals surface area contributed by atoms with Crippen LogP contribution in [-0.4, -0.2) is 10.1 Å². The zero-order valence-corrected chi connectivity index (χ0v) is 21.1. The molecule has 3 heteroatoms. The van der Waals surface area contributed by atoms with Crippen LogP contribution in [-0.2, 0) is 12.0 Å². The number of hydrogen-bond donors (Lipinski definition) is 1. The van der Waals surface area contributed by atoms with Gasteiger partial charge in [0.25, 0.3) is 0 Å². The van der Waals surface area contributed by atoms with Crippen molar-refractivity contribution in [3.63, 3.8) is 0 Å². The van der Waals surface area contributed by atoms with Crippen LogP contribution in [0.2, 0.25) is 0 Å². The molecule has 0 bridgehead atoms. The lowest BCUT2D eigenvalue weighted by molar-refractivity contribution is 0.105. The smallest absolute Gasteiger partial charge is 0.135 e. The van der Waals surface area contributed by atoms with Gasteiger partial charge >= 0.3 is 0 Å². The summed E-state index contributed by atoms with van der Waals surface area (Å²) in [5, 5.41) is 11.8. The van der Waals surface area contributed by atoms with Gasteiger partial charge in [-0.25, -0.2) is 0 Å². The number of aryl methyl sites for hydroxylation is 2. The first kappa shape index (κ1) is 23.2. The maximum Gasteiger partial charge on any atom is 0.135 e. The molecule has 1 aliphatic rings. The highest BCUT2D eigenvalue weighted by molar-refractivity contribution is 5.91. The molecule has 4 aromatic rings. The zero-order valence-electron chi connectivity index (χ0n) is 21.1. The third kappa shape index (κ3) is 4.32. The minimum atomic E-state index is -0.462. The van der Waals surface area contributed by atoms with E-state index in [4.69, 9.17) is 4.74 Å². The Hall–Kier alpha value is -3.59. The molecule has 0 radical (unpaired) electrons. The van der Waals surface area contributed by atoms with Crippen molar-refractivity contribution in [1.82, 2.24) is 4.98 Å². The van der Waals surface area contributed by atoms with Crippen LogP contribution in [0.1, 0.15) is 56.7 Å². The Balaban J connectivity index is 1.68. The fraction of sp³-hybridized carbons (Fsp3) is 0.281. The van der Waals surface area contributed by atoms with E-state index in [0.717, 1.165) is 75.9 Å². The summed E-state index contributed by atoms with van der Waals surface area (Å²) < 4.78 is 6.51. The van der Waals surface area contributed by atoms with Crippen molar-refractivity contribution < 1.29 is 9.84 Å². The second-order valence-corrected chi connectivity index (χ2v) is 10.1. The lowest BCUT2D eigenvalue weighted by Crippen LogP contribution is -2.29. The van der Waals surface area contributed by atoms with Crippen molar-refractivity contribution in [3.8, 4) is 44.9 Å². The number of unbranched alkanes of at least 4 members (excludes halogenated alkanes) is 2. The second-order valence-electron chi connectivity index (χ2n) is 10.1. The summed E-state index contributed by atoms with van der Waals surface area (Å²) in [5.74, 6) is 1.08. The van der Waals surface area contributed by atoms with Gasteiger partial charge in [0.2, 0.25) is 0 Å². The van der Waals surface area contributed by atoms with E-state index in [-0.39, 0.29) is 0 Å². The fourth-order valence-electron chi connectivity index (χ4n) is 5.20. The van der Waals surface area contributed by atoms with E-state index < -0.39 is 5.60 Å². The van der Waals surface area contributed by atoms with Gasteiger partial charge in [-0.1, -0.05) is 73.9 Å². The Morgan fingerprint density at radius 3 is 2.37 bits per heavy atom. The van der Waals surface area contributed by atoms with Gasteiger partial charge < -0.3 is 9.84 Å². The first-order chi connectivity index (χ1) is 16.9. The van der Waals surface area contributed by atoms with Gasteiger partial charge in [-0.2, -0.15) is 0 Å². The molecule has 0 saturated heterocycles. The molecule has 1 aromatic heterocycles. The molecule has 178 valence electrons. The third-order valence-electron chi connectivity index (χ3n) is 7.02. The monoisotopic (exact) mass is 463 g/mol. The van der Waals surface area contributed by atoms with Crippen molar-refractivity contribution >= 4 is 0 Å². The first-order valence-electron chi connectivity index (χ1n) is 12.6. The summed E-state index contributed by atoms with van der Waals surface area (Å²) in [4.78, 5) is 4.25. The summed E-state index contributed by atoms with van der Waals surface area (Å²) in [7, 11) is 0. The number of ether oxygens (including phenoxy) is 1. The minimum absolute atomic E-state index is 0.311. The van der Waals surface area contributed by atoms with Gasteiger partial charge in [0.05, 0.1) is 5.56 Å². The predicted molar refractivity (Wildman–Crippen MR) is 144 cm³/mol. The number of nitrogens with zero attached hydrogens (tertiary/aromatic N) is 1. The molecule has 35 heavy (non-hydrogen) atoms. The number of aromatic hydroxyl groups is 1. The van der Waals surface area contributed by atoms with Gasteiger partial charge in [0, 0.05) is 23.5 Å². The Kier molecular flexibility index (Phi) is 6.10. The summed E-state index contributed by atoms with van der Waals surface area (Å²) in [6, 6.07) is 21.0. The number of pyridine rings is 1. The van der Waals surface area contributed by atoms with Crippen molar-refractivity contribution in [2.75, 3.05) is 0 Å². The molecule has 1 N–H and O–H groups in total. The van der Waals surface area contributed by atoms with Crippen LogP contribution < -0.4 is 4.74 Å². The van der Waals surface area contributed by atoms with Gasteiger partial charge in [-0.05, 0) is 73.6 Å². The van der Waals surface area contributed by atoms with Gasteiger partial charge in [-0.3, -0.25) is 4.98 Å². The lowest BCUT2D eigenvalue weighted by atomic mass is 9.82. The zero-order chi connectivity index (χ0) is 24.6. The van der Waals surface area contributed by atoms with E-state index in [9.17, 15) is 5.11 Å². The average Bonchev–Trinajstić information content (AvgIpc) is 2.84. The van der Waals surface area contributed by atoms with Crippen molar-refractivity contribution in [3.05, 3.63) is 89.7 Å². The van der Waals surface area contributed by atoms with Crippen LogP contribution in [0.15, 0.2) is 73.1 Å². The number of aromatic nitrogens is 1. The normalized spacial score (nSPS) is 13.6. The second kappa shape index (κ2) is 9.22. The molecule has 0 spiro atoms. The quantitative estimate of drug-likeness (QED) is 0.292. The fourth-order valence-corrected chi connectivity index (χ4v) is 5.20. The molecule has 2 heterocycles. The van der Waals surface area contributed by atoms with Crippen LogP contribution in [0, 0.1) is 6.92 Å². The van der Waals surface area contributed by atoms with E-state index in [1.165, 1.54) is 5.56 Å². The number of phenolic OH excluding ortho intramolecular Hbond substituents is 1. The predicted octanol–water partition coefficient (Wildman–Crippen LogP) is 8.46. The Morgan fingerprint density at radius 1 is 0.886 bits per heavy atom. The maximum absolute atomic E-state index is 11.8. The topological polar surface area (TPSA) is 42.4 Å². The SMILES string of the molecule is CCCCCc1cc2c(c(O)c1-c1ccc(-c3cccnc3)cc1)-c1cc(C)ccc1C(C)(C)O2. The molecule has 0 saturated carbocycles. The Bertz CT molecular complexity index is 1350. The lowest BCUT2D eigenvalue weighted by Gasteiger charge is -2.36. The molecular formula is C32H33NO2. The third-order valence-corrected chi connectivity index (χ3v) is 7.02. The van der Waals surface area contributed by atoms with E-state index in [2.05, 4.69) is 87.3 Å². The highest BCUT2D eigenvalue weighted by Gasteiger charge is 2.35. The molecule has 0 amide bonds. The summed E-state index contributed by atoms with van der Waals surface area (Å²) in [5.41, 5.74) is 8.91. The van der Waals surface area contributed by atoms with Gasteiger partial charge in [-0.15, -0.1) is 0 Å².